The van der Waals surface area contributed by atoms with E-state index in [2.05, 4.69) is 43.8 Å². The first kappa shape index (κ1) is 14.8. The molecule has 0 unspecified atom stereocenters. The monoisotopic (exact) mass is 411 g/mol. The molecule has 3 nitrogen and oxygen atoms in total. The number of hydrogen-bond acceptors (Lipinski definition) is 2. The number of hydrogen-bond donors (Lipinski definition) is 1. The molecular weight excluding hydrogens is 397 g/mol. The van der Waals surface area contributed by atoms with Crippen molar-refractivity contribution in [3.05, 3.63) is 31.8 Å². The zero-order valence-corrected chi connectivity index (χ0v) is 13.8. The van der Waals surface area contributed by atoms with Crippen molar-refractivity contribution in [3.63, 3.8) is 0 Å². The zero-order chi connectivity index (χ0) is 13.1. The molecule has 1 N–H and O–H groups in total. The molecule has 0 saturated carbocycles. The Hall–Kier alpha value is -0.300. The molecule has 5 heteroatoms. The van der Waals surface area contributed by atoms with Gasteiger partial charge in [0.05, 0.1) is 0 Å². The van der Waals surface area contributed by atoms with E-state index in [-0.39, 0.29) is 0 Å². The number of ether oxygens (including phenoxy) is 1. The molecular formula is C12H15BrINO2. The van der Waals surface area contributed by atoms with E-state index in [1.807, 2.05) is 39.0 Å². The summed E-state index contributed by atoms with van der Waals surface area (Å²) in [5.74, 6) is 0. The standard InChI is InChI=1S/C12H15BrINO2/c1-12(2,3)17-11(16)15-7-8-4-5-10(14)9(13)6-8/h4-6H,7H2,1-3H3,(H,15,16). The van der Waals surface area contributed by atoms with Crippen molar-refractivity contribution in [3.8, 4) is 0 Å². The maximum absolute atomic E-state index is 11.4. The molecule has 0 aliphatic heterocycles. The molecule has 0 radical (unpaired) electrons. The predicted octanol–water partition coefficient (Wildman–Crippen LogP) is 4.08. The van der Waals surface area contributed by atoms with E-state index >= 15 is 0 Å². The molecule has 0 aromatic heterocycles. The Morgan fingerprint density at radius 2 is 2.12 bits per heavy atom. The first-order chi connectivity index (χ1) is 7.78. The van der Waals surface area contributed by atoms with E-state index in [1.165, 1.54) is 0 Å². The van der Waals surface area contributed by atoms with Gasteiger partial charge in [0.2, 0.25) is 0 Å². The van der Waals surface area contributed by atoms with Crippen molar-refractivity contribution in [2.45, 2.75) is 32.9 Å². The number of alkyl carbamates (subject to hydrolysis) is 1. The Labute approximate surface area is 124 Å². The molecule has 0 saturated heterocycles. The third-order valence-electron chi connectivity index (χ3n) is 1.82. The van der Waals surface area contributed by atoms with Crippen LogP contribution >= 0.6 is 38.5 Å². The average Bonchev–Trinajstić information content (AvgIpc) is 2.17. The minimum Gasteiger partial charge on any atom is -0.444 e. The Morgan fingerprint density at radius 1 is 1.47 bits per heavy atom. The molecule has 17 heavy (non-hydrogen) atoms. The van der Waals surface area contributed by atoms with Gasteiger partial charge in [-0.15, -0.1) is 0 Å². The third-order valence-corrected chi connectivity index (χ3v) is 4.16. The van der Waals surface area contributed by atoms with Crippen LogP contribution in [0, 0.1) is 3.57 Å². The minimum absolute atomic E-state index is 0.396. The Bertz CT molecular complexity index is 415. The molecule has 1 aromatic rings. The lowest BCUT2D eigenvalue weighted by Gasteiger charge is -2.19. The van der Waals surface area contributed by atoms with Gasteiger partial charge < -0.3 is 10.1 Å². The van der Waals surface area contributed by atoms with Gasteiger partial charge in [0.1, 0.15) is 5.60 Å². The van der Waals surface area contributed by atoms with Crippen LogP contribution in [0.4, 0.5) is 4.79 Å². The molecule has 94 valence electrons. The third kappa shape index (κ3) is 5.72. The molecule has 0 aliphatic carbocycles. The van der Waals surface area contributed by atoms with Crippen LogP contribution in [0.5, 0.6) is 0 Å². The molecule has 0 aliphatic rings. The predicted molar refractivity (Wildman–Crippen MR) is 79.9 cm³/mol. The summed E-state index contributed by atoms with van der Waals surface area (Å²) in [7, 11) is 0. The van der Waals surface area contributed by atoms with Gasteiger partial charge in [0.15, 0.2) is 0 Å². The number of amides is 1. The molecule has 0 bridgehead atoms. The lowest BCUT2D eigenvalue weighted by molar-refractivity contribution is 0.0523. The maximum Gasteiger partial charge on any atom is 0.407 e. The van der Waals surface area contributed by atoms with E-state index < -0.39 is 11.7 Å². The summed E-state index contributed by atoms with van der Waals surface area (Å²) in [6, 6.07) is 5.96. The summed E-state index contributed by atoms with van der Waals surface area (Å²) in [6.45, 7) is 5.99. The lowest BCUT2D eigenvalue weighted by atomic mass is 10.2. The van der Waals surface area contributed by atoms with Crippen molar-refractivity contribution < 1.29 is 9.53 Å². The minimum atomic E-state index is -0.462. The number of nitrogens with one attached hydrogen (secondary N) is 1. The first-order valence-electron chi connectivity index (χ1n) is 5.19. The van der Waals surface area contributed by atoms with Crippen LogP contribution in [0.15, 0.2) is 22.7 Å². The van der Waals surface area contributed by atoms with Crippen LogP contribution in [0.3, 0.4) is 0 Å². The summed E-state index contributed by atoms with van der Waals surface area (Å²) >= 11 is 5.69. The number of carbonyl (C=O) groups excluding carboxylic acids is 1. The smallest absolute Gasteiger partial charge is 0.407 e. The van der Waals surface area contributed by atoms with Crippen molar-refractivity contribution in [2.75, 3.05) is 0 Å². The lowest BCUT2D eigenvalue weighted by Crippen LogP contribution is -2.32. The van der Waals surface area contributed by atoms with Gasteiger partial charge in [0.25, 0.3) is 0 Å². The first-order valence-corrected chi connectivity index (χ1v) is 7.06. The van der Waals surface area contributed by atoms with Gasteiger partial charge in [-0.3, -0.25) is 0 Å². The van der Waals surface area contributed by atoms with Crippen LogP contribution in [0.1, 0.15) is 26.3 Å². The summed E-state index contributed by atoms with van der Waals surface area (Å²) in [6.07, 6.45) is -0.396. The summed E-state index contributed by atoms with van der Waals surface area (Å²) < 4.78 is 7.32. The van der Waals surface area contributed by atoms with Gasteiger partial charge in [0, 0.05) is 14.6 Å². The number of carbonyl (C=O) groups is 1. The highest BCUT2D eigenvalue weighted by Gasteiger charge is 2.15. The van der Waals surface area contributed by atoms with Crippen molar-refractivity contribution in [1.29, 1.82) is 0 Å². The van der Waals surface area contributed by atoms with Gasteiger partial charge in [-0.1, -0.05) is 6.07 Å². The number of benzene rings is 1. The van der Waals surface area contributed by atoms with Crippen molar-refractivity contribution in [1.82, 2.24) is 5.32 Å². The van der Waals surface area contributed by atoms with E-state index in [1.54, 1.807) is 0 Å². The van der Waals surface area contributed by atoms with Crippen molar-refractivity contribution >= 4 is 44.6 Å². The number of halogens is 2. The SMILES string of the molecule is CC(C)(C)OC(=O)NCc1ccc(I)c(Br)c1. The van der Waals surface area contributed by atoms with Crippen molar-refractivity contribution in [2.24, 2.45) is 0 Å². The molecule has 0 fully saturated rings. The molecule has 1 amide bonds. The van der Waals surface area contributed by atoms with Gasteiger partial charge in [-0.2, -0.15) is 0 Å². The normalized spacial score (nSPS) is 11.1. The zero-order valence-electron chi connectivity index (χ0n) is 10.0. The van der Waals surface area contributed by atoms with Gasteiger partial charge >= 0.3 is 6.09 Å². The van der Waals surface area contributed by atoms with Crippen LogP contribution in [0.2, 0.25) is 0 Å². The summed E-state index contributed by atoms with van der Waals surface area (Å²) in [5.41, 5.74) is 0.569. The van der Waals surface area contributed by atoms with Gasteiger partial charge in [-0.05, 0) is 77.0 Å². The largest absolute Gasteiger partial charge is 0.444 e. The highest BCUT2D eigenvalue weighted by Crippen LogP contribution is 2.20. The summed E-state index contributed by atoms with van der Waals surface area (Å²) in [5, 5.41) is 2.72. The fraction of sp³-hybridized carbons (Fsp3) is 0.417. The molecule has 0 heterocycles. The topological polar surface area (TPSA) is 38.3 Å². The fourth-order valence-corrected chi connectivity index (χ4v) is 1.90. The van der Waals surface area contributed by atoms with Crippen LogP contribution in [-0.4, -0.2) is 11.7 Å². The second-order valence-corrected chi connectivity index (χ2v) is 6.62. The van der Waals surface area contributed by atoms with E-state index in [0.29, 0.717) is 6.54 Å². The highest BCUT2D eigenvalue weighted by atomic mass is 127. The fourth-order valence-electron chi connectivity index (χ4n) is 1.14. The molecule has 0 atom stereocenters. The Kier molecular flexibility index (Phi) is 5.24. The molecule has 1 aromatic carbocycles. The second kappa shape index (κ2) is 6.04. The van der Waals surface area contributed by atoms with Crippen LogP contribution < -0.4 is 5.32 Å². The van der Waals surface area contributed by atoms with Crippen LogP contribution in [0.25, 0.3) is 0 Å². The Balaban J connectivity index is 2.50. The highest BCUT2D eigenvalue weighted by molar-refractivity contribution is 14.1. The average molecular weight is 412 g/mol. The quantitative estimate of drug-likeness (QED) is 0.744. The van der Waals surface area contributed by atoms with E-state index in [0.717, 1.165) is 13.6 Å². The maximum atomic E-state index is 11.4. The number of rotatable bonds is 2. The van der Waals surface area contributed by atoms with Crippen LogP contribution in [-0.2, 0) is 11.3 Å². The van der Waals surface area contributed by atoms with E-state index in [9.17, 15) is 4.79 Å². The van der Waals surface area contributed by atoms with E-state index in [4.69, 9.17) is 4.74 Å². The molecule has 0 spiro atoms. The second-order valence-electron chi connectivity index (χ2n) is 4.60. The Morgan fingerprint density at radius 3 is 2.65 bits per heavy atom. The van der Waals surface area contributed by atoms with Gasteiger partial charge in [-0.25, -0.2) is 4.79 Å². The summed E-state index contributed by atoms with van der Waals surface area (Å²) in [4.78, 5) is 11.4. The molecule has 1 rings (SSSR count).